The van der Waals surface area contributed by atoms with Crippen molar-refractivity contribution in [3.63, 3.8) is 0 Å². The van der Waals surface area contributed by atoms with Gasteiger partial charge >= 0.3 is 5.97 Å². The number of methoxy groups -OCH3 is 1. The fraction of sp³-hybridized carbons (Fsp3) is 0.263. The molecular weight excluding hydrogens is 363 g/mol. The van der Waals surface area contributed by atoms with Crippen molar-refractivity contribution < 1.29 is 18.7 Å². The van der Waals surface area contributed by atoms with Gasteiger partial charge < -0.3 is 4.74 Å². The molecule has 3 nitrogen and oxygen atoms in total. The fourth-order valence-corrected chi connectivity index (χ4v) is 4.02. The Bertz CT molecular complexity index is 879. The van der Waals surface area contributed by atoms with E-state index in [0.29, 0.717) is 18.4 Å². The molecule has 0 fully saturated rings. The van der Waals surface area contributed by atoms with Crippen molar-refractivity contribution in [1.82, 2.24) is 0 Å². The summed E-state index contributed by atoms with van der Waals surface area (Å²) < 4.78 is 18.5. The molecule has 6 heteroatoms. The number of esters is 1. The molecule has 130 valence electrons. The molecular formula is C19H16ClFO3S. The Morgan fingerprint density at radius 3 is 2.64 bits per heavy atom. The first-order valence-electron chi connectivity index (χ1n) is 7.74. The van der Waals surface area contributed by atoms with E-state index in [2.05, 4.69) is 0 Å². The van der Waals surface area contributed by atoms with Gasteiger partial charge in [0.25, 0.3) is 0 Å². The normalized spacial score (nSPS) is 13.5. The van der Waals surface area contributed by atoms with Crippen molar-refractivity contribution in [1.29, 1.82) is 0 Å². The number of Topliss-reactive ketones (excluding diaryl/α,β-unsaturated/α-hetero) is 1. The topological polar surface area (TPSA) is 43.4 Å². The first kappa shape index (κ1) is 18.0. The minimum absolute atomic E-state index is 0.0242. The van der Waals surface area contributed by atoms with Crippen LogP contribution in [0.3, 0.4) is 0 Å². The van der Waals surface area contributed by atoms with Crippen molar-refractivity contribution in [3.05, 3.63) is 51.8 Å². The Morgan fingerprint density at radius 2 is 2.00 bits per heavy atom. The van der Waals surface area contributed by atoms with Gasteiger partial charge in [-0.2, -0.15) is 0 Å². The van der Waals surface area contributed by atoms with Crippen LogP contribution in [0, 0.1) is 5.82 Å². The zero-order valence-corrected chi connectivity index (χ0v) is 15.4. The van der Waals surface area contributed by atoms with Crippen LogP contribution < -0.4 is 0 Å². The van der Waals surface area contributed by atoms with Gasteiger partial charge in [0.15, 0.2) is 0 Å². The zero-order valence-electron chi connectivity index (χ0n) is 13.8. The van der Waals surface area contributed by atoms with Gasteiger partial charge in [0, 0.05) is 17.7 Å². The van der Waals surface area contributed by atoms with Gasteiger partial charge in [0.2, 0.25) is 0 Å². The average Bonchev–Trinajstić information content (AvgIpc) is 2.62. The second-order valence-corrected chi connectivity index (χ2v) is 7.05. The summed E-state index contributed by atoms with van der Waals surface area (Å²) in [5, 5.41) is 0.0242. The summed E-state index contributed by atoms with van der Waals surface area (Å²) in [6, 6.07) is 6.35. The summed E-state index contributed by atoms with van der Waals surface area (Å²) in [4.78, 5) is 25.1. The number of ketones is 1. The first-order valence-corrected chi connectivity index (χ1v) is 9.34. The van der Waals surface area contributed by atoms with Gasteiger partial charge in [0.05, 0.1) is 17.7 Å². The monoisotopic (exact) mass is 378 g/mol. The number of rotatable bonds is 3. The summed E-state index contributed by atoms with van der Waals surface area (Å²) in [6.45, 7) is 0. The number of hydrogen-bond donors (Lipinski definition) is 0. The maximum Gasteiger partial charge on any atom is 0.339 e. The Hall–Kier alpha value is -1.85. The molecule has 3 rings (SSSR count). The largest absolute Gasteiger partial charge is 0.465 e. The predicted octanol–water partition coefficient (Wildman–Crippen LogP) is 4.71. The van der Waals surface area contributed by atoms with Crippen LogP contribution >= 0.6 is 23.4 Å². The zero-order chi connectivity index (χ0) is 18.1. The highest BCUT2D eigenvalue weighted by molar-refractivity contribution is 7.98. The molecule has 0 radical (unpaired) electrons. The van der Waals surface area contributed by atoms with Crippen LogP contribution in [0.5, 0.6) is 0 Å². The molecule has 1 aliphatic carbocycles. The van der Waals surface area contributed by atoms with Crippen molar-refractivity contribution in [3.8, 4) is 11.1 Å². The Kier molecular flexibility index (Phi) is 5.16. The summed E-state index contributed by atoms with van der Waals surface area (Å²) in [7, 11) is 1.35. The van der Waals surface area contributed by atoms with E-state index in [4.69, 9.17) is 16.3 Å². The molecule has 0 atom stereocenters. The molecule has 0 N–H and O–H groups in total. The molecule has 2 aromatic carbocycles. The first-order chi connectivity index (χ1) is 12.0. The molecule has 25 heavy (non-hydrogen) atoms. The van der Waals surface area contributed by atoms with E-state index in [1.165, 1.54) is 24.9 Å². The highest BCUT2D eigenvalue weighted by Gasteiger charge is 2.28. The Morgan fingerprint density at radius 1 is 1.24 bits per heavy atom. The molecule has 0 saturated heterocycles. The van der Waals surface area contributed by atoms with Gasteiger partial charge in [-0.15, -0.1) is 11.8 Å². The van der Waals surface area contributed by atoms with Crippen molar-refractivity contribution in [2.75, 3.05) is 13.4 Å². The van der Waals surface area contributed by atoms with Gasteiger partial charge in [-0.25, -0.2) is 9.18 Å². The second-order valence-electron chi connectivity index (χ2n) is 5.79. The van der Waals surface area contributed by atoms with Crippen molar-refractivity contribution in [2.45, 2.75) is 24.2 Å². The summed E-state index contributed by atoms with van der Waals surface area (Å²) in [5.41, 5.74) is 3.70. The van der Waals surface area contributed by atoms with Crippen LogP contribution in [0.2, 0.25) is 5.02 Å². The van der Waals surface area contributed by atoms with E-state index < -0.39 is 11.8 Å². The van der Waals surface area contributed by atoms with Crippen LogP contribution in [-0.4, -0.2) is 25.1 Å². The van der Waals surface area contributed by atoms with Crippen LogP contribution in [0.4, 0.5) is 4.39 Å². The lowest BCUT2D eigenvalue weighted by atomic mass is 9.82. The molecule has 0 unspecified atom stereocenters. The van der Waals surface area contributed by atoms with E-state index >= 15 is 0 Å². The van der Waals surface area contributed by atoms with Gasteiger partial charge in [-0.3, -0.25) is 4.79 Å². The third kappa shape index (κ3) is 3.31. The standard InChI is InChI=1S/C19H16ClFO3S/c1-24-19(23)18-12-5-4-11(22)8-14(12)13(9-17(18)25-2)10-3-6-16(21)15(20)7-10/h3,6-7,9H,4-5,8H2,1-2H3. The van der Waals surface area contributed by atoms with E-state index in [1.807, 2.05) is 12.3 Å². The molecule has 1 aliphatic rings. The van der Waals surface area contributed by atoms with Crippen LogP contribution in [-0.2, 0) is 22.4 Å². The summed E-state index contributed by atoms with van der Waals surface area (Å²) in [5.74, 6) is -0.778. The fourth-order valence-electron chi connectivity index (χ4n) is 3.19. The lowest BCUT2D eigenvalue weighted by Crippen LogP contribution is -2.19. The minimum atomic E-state index is -0.494. The number of thioether (sulfide) groups is 1. The number of fused-ring (bicyclic) bond motifs is 1. The second kappa shape index (κ2) is 7.18. The molecule has 0 aliphatic heterocycles. The maximum atomic E-state index is 13.5. The summed E-state index contributed by atoms with van der Waals surface area (Å²) in [6.07, 6.45) is 3.02. The molecule has 0 amide bonds. The maximum absolute atomic E-state index is 13.5. The number of halogens is 2. The molecule has 0 bridgehead atoms. The van der Waals surface area contributed by atoms with Gasteiger partial charge in [0.1, 0.15) is 11.6 Å². The summed E-state index contributed by atoms with van der Waals surface area (Å²) >= 11 is 7.37. The number of carbonyl (C=O) groups excluding carboxylic acids is 2. The van der Waals surface area contributed by atoms with Crippen LogP contribution in [0.1, 0.15) is 27.9 Å². The third-order valence-electron chi connectivity index (χ3n) is 4.38. The average molecular weight is 379 g/mol. The molecule has 0 spiro atoms. The lowest BCUT2D eigenvalue weighted by Gasteiger charge is -2.24. The van der Waals surface area contributed by atoms with Crippen LogP contribution in [0.25, 0.3) is 11.1 Å². The number of benzene rings is 2. The molecule has 0 aromatic heterocycles. The van der Waals surface area contributed by atoms with Crippen LogP contribution in [0.15, 0.2) is 29.2 Å². The quantitative estimate of drug-likeness (QED) is 0.573. The number of hydrogen-bond acceptors (Lipinski definition) is 4. The predicted molar refractivity (Wildman–Crippen MR) is 97.0 cm³/mol. The molecule has 2 aromatic rings. The van der Waals surface area contributed by atoms with E-state index in [1.54, 1.807) is 12.1 Å². The van der Waals surface area contributed by atoms with E-state index in [0.717, 1.165) is 27.1 Å². The van der Waals surface area contributed by atoms with Gasteiger partial charge in [-0.05, 0) is 53.1 Å². The lowest BCUT2D eigenvalue weighted by molar-refractivity contribution is -0.118. The highest BCUT2D eigenvalue weighted by Crippen LogP contribution is 2.39. The van der Waals surface area contributed by atoms with E-state index in [-0.39, 0.29) is 17.2 Å². The third-order valence-corrected chi connectivity index (χ3v) is 5.43. The smallest absolute Gasteiger partial charge is 0.339 e. The molecule has 0 saturated carbocycles. The number of ether oxygens (including phenoxy) is 1. The minimum Gasteiger partial charge on any atom is -0.465 e. The molecule has 0 heterocycles. The highest BCUT2D eigenvalue weighted by atomic mass is 35.5. The Labute approximate surface area is 154 Å². The van der Waals surface area contributed by atoms with E-state index in [9.17, 15) is 14.0 Å². The van der Waals surface area contributed by atoms with Crippen molar-refractivity contribution >= 4 is 35.1 Å². The Balaban J connectivity index is 2.30. The SMILES string of the molecule is COC(=O)c1c(SC)cc(-c2ccc(F)c(Cl)c2)c2c1CCC(=O)C2. The number of carbonyl (C=O) groups is 2. The van der Waals surface area contributed by atoms with Gasteiger partial charge in [-0.1, -0.05) is 17.7 Å². The van der Waals surface area contributed by atoms with Crippen molar-refractivity contribution in [2.24, 2.45) is 0 Å².